The van der Waals surface area contributed by atoms with Crippen LogP contribution >= 0.6 is 15.9 Å². The van der Waals surface area contributed by atoms with E-state index < -0.39 is 0 Å². The zero-order valence-corrected chi connectivity index (χ0v) is 12.1. The second kappa shape index (κ2) is 5.20. The molecule has 0 atom stereocenters. The van der Waals surface area contributed by atoms with E-state index in [9.17, 15) is 0 Å². The van der Waals surface area contributed by atoms with Gasteiger partial charge in [0, 0.05) is 22.0 Å². The second-order valence-electron chi connectivity index (χ2n) is 5.01. The minimum atomic E-state index is -0.218. The van der Waals surface area contributed by atoms with Crippen LogP contribution in [0, 0.1) is 0 Å². The summed E-state index contributed by atoms with van der Waals surface area (Å²) in [6.45, 7) is 3.97. The molecule has 1 aromatic heterocycles. The summed E-state index contributed by atoms with van der Waals surface area (Å²) >= 11 is 3.42. The summed E-state index contributed by atoms with van der Waals surface area (Å²) in [6.07, 6.45) is 1.51. The van der Waals surface area contributed by atoms with Gasteiger partial charge in [-0.25, -0.2) is 0 Å². The van der Waals surface area contributed by atoms with Crippen molar-refractivity contribution in [3.05, 3.63) is 34.6 Å². The van der Waals surface area contributed by atoms with Gasteiger partial charge in [0.2, 0.25) is 11.7 Å². The molecule has 1 aromatic carbocycles. The average Bonchev–Trinajstić information content (AvgIpc) is 2.74. The van der Waals surface area contributed by atoms with Crippen molar-refractivity contribution in [3.8, 4) is 11.4 Å². The van der Waals surface area contributed by atoms with Gasteiger partial charge < -0.3 is 10.3 Å². The maximum absolute atomic E-state index is 5.93. The first-order valence-corrected chi connectivity index (χ1v) is 6.61. The normalized spacial score (nSPS) is 11.8. The smallest absolute Gasteiger partial charge is 0.227 e. The van der Waals surface area contributed by atoms with E-state index in [0.717, 1.165) is 16.5 Å². The van der Waals surface area contributed by atoms with Gasteiger partial charge in [0.05, 0.1) is 0 Å². The highest BCUT2D eigenvalue weighted by Crippen LogP contribution is 2.21. The van der Waals surface area contributed by atoms with E-state index in [1.165, 1.54) is 0 Å². The van der Waals surface area contributed by atoms with Gasteiger partial charge in [0.1, 0.15) is 0 Å². The topological polar surface area (TPSA) is 64.9 Å². The molecule has 4 nitrogen and oxygen atoms in total. The fraction of sp³-hybridized carbons (Fsp3) is 0.385. The van der Waals surface area contributed by atoms with E-state index in [-0.39, 0.29) is 5.54 Å². The first-order chi connectivity index (χ1) is 8.44. The van der Waals surface area contributed by atoms with Gasteiger partial charge >= 0.3 is 0 Å². The largest absolute Gasteiger partial charge is 0.339 e. The predicted molar refractivity (Wildman–Crippen MR) is 74.0 cm³/mol. The number of aromatic nitrogens is 2. The summed E-state index contributed by atoms with van der Waals surface area (Å²) in [6, 6.07) is 7.81. The van der Waals surface area contributed by atoms with Crippen molar-refractivity contribution in [2.45, 2.75) is 32.2 Å². The average molecular weight is 310 g/mol. The zero-order chi connectivity index (χ0) is 13.2. The number of rotatable bonds is 4. The number of aryl methyl sites for hydroxylation is 1. The van der Waals surface area contributed by atoms with Crippen molar-refractivity contribution in [1.82, 2.24) is 10.1 Å². The summed E-state index contributed by atoms with van der Waals surface area (Å²) < 4.78 is 6.22. The van der Waals surface area contributed by atoms with Crippen LogP contribution in [0.3, 0.4) is 0 Å². The molecule has 0 aliphatic heterocycles. The van der Waals surface area contributed by atoms with Gasteiger partial charge in [0.15, 0.2) is 0 Å². The van der Waals surface area contributed by atoms with Crippen LogP contribution in [0.2, 0.25) is 0 Å². The monoisotopic (exact) mass is 309 g/mol. The SMILES string of the molecule is CC(C)(N)CCc1nc(-c2cccc(Br)c2)no1. The van der Waals surface area contributed by atoms with Crippen molar-refractivity contribution in [1.29, 1.82) is 0 Å². The van der Waals surface area contributed by atoms with E-state index in [1.807, 2.05) is 38.1 Å². The number of hydrogen-bond donors (Lipinski definition) is 1. The van der Waals surface area contributed by atoms with Crippen molar-refractivity contribution in [2.24, 2.45) is 5.73 Å². The number of nitrogens with zero attached hydrogens (tertiary/aromatic N) is 2. The molecule has 0 radical (unpaired) electrons. The lowest BCUT2D eigenvalue weighted by Gasteiger charge is -2.16. The molecule has 0 saturated heterocycles. The van der Waals surface area contributed by atoms with Crippen LogP contribution in [-0.2, 0) is 6.42 Å². The molecule has 0 spiro atoms. The Bertz CT molecular complexity index is 531. The van der Waals surface area contributed by atoms with E-state index in [1.54, 1.807) is 0 Å². The van der Waals surface area contributed by atoms with E-state index >= 15 is 0 Å². The third-order valence-electron chi connectivity index (χ3n) is 2.53. The lowest BCUT2D eigenvalue weighted by molar-refractivity contribution is 0.358. The molecule has 0 fully saturated rings. The van der Waals surface area contributed by atoms with Crippen molar-refractivity contribution in [3.63, 3.8) is 0 Å². The highest BCUT2D eigenvalue weighted by Gasteiger charge is 2.14. The van der Waals surface area contributed by atoms with Gasteiger partial charge in [-0.05, 0) is 32.4 Å². The van der Waals surface area contributed by atoms with Crippen LogP contribution in [0.1, 0.15) is 26.2 Å². The molecule has 0 aliphatic rings. The van der Waals surface area contributed by atoms with E-state index in [2.05, 4.69) is 26.1 Å². The van der Waals surface area contributed by atoms with Gasteiger partial charge in [-0.2, -0.15) is 4.98 Å². The fourth-order valence-corrected chi connectivity index (χ4v) is 1.93. The van der Waals surface area contributed by atoms with Gasteiger partial charge in [-0.15, -0.1) is 0 Å². The molecule has 18 heavy (non-hydrogen) atoms. The maximum Gasteiger partial charge on any atom is 0.227 e. The van der Waals surface area contributed by atoms with Crippen LogP contribution in [0.5, 0.6) is 0 Å². The molecule has 0 unspecified atom stereocenters. The Hall–Kier alpha value is -1.20. The molecule has 2 rings (SSSR count). The summed E-state index contributed by atoms with van der Waals surface area (Å²) in [4.78, 5) is 4.37. The standard InChI is InChI=1S/C13H16BrN3O/c1-13(2,15)7-6-11-16-12(17-18-11)9-4-3-5-10(14)8-9/h3-5,8H,6-7,15H2,1-2H3. The Balaban J connectivity index is 2.11. The Morgan fingerprint density at radius 1 is 1.39 bits per heavy atom. The lowest BCUT2D eigenvalue weighted by Crippen LogP contribution is -2.32. The predicted octanol–water partition coefficient (Wildman–Crippen LogP) is 3.17. The summed E-state index contributed by atoms with van der Waals surface area (Å²) in [7, 11) is 0. The lowest BCUT2D eigenvalue weighted by atomic mass is 10.0. The third-order valence-corrected chi connectivity index (χ3v) is 3.03. The van der Waals surface area contributed by atoms with Crippen LogP contribution < -0.4 is 5.73 Å². The third kappa shape index (κ3) is 3.65. The first kappa shape index (κ1) is 13.2. The summed E-state index contributed by atoms with van der Waals surface area (Å²) in [5.41, 5.74) is 6.64. The Morgan fingerprint density at radius 2 is 2.17 bits per heavy atom. The molecule has 0 bridgehead atoms. The van der Waals surface area contributed by atoms with Crippen molar-refractivity contribution in [2.75, 3.05) is 0 Å². The van der Waals surface area contributed by atoms with Crippen LogP contribution in [0.25, 0.3) is 11.4 Å². The molecular weight excluding hydrogens is 294 g/mol. The first-order valence-electron chi connectivity index (χ1n) is 5.81. The van der Waals surface area contributed by atoms with Crippen LogP contribution in [-0.4, -0.2) is 15.7 Å². The molecule has 1 heterocycles. The highest BCUT2D eigenvalue weighted by molar-refractivity contribution is 9.10. The second-order valence-corrected chi connectivity index (χ2v) is 5.93. The molecule has 96 valence electrons. The molecular formula is C13H16BrN3O. The molecule has 2 N–H and O–H groups in total. The fourth-order valence-electron chi connectivity index (χ4n) is 1.53. The molecule has 5 heteroatoms. The summed E-state index contributed by atoms with van der Waals surface area (Å²) in [5, 5.41) is 3.98. The number of hydrogen-bond acceptors (Lipinski definition) is 4. The Labute approximate surface area is 115 Å². The highest BCUT2D eigenvalue weighted by atomic mass is 79.9. The maximum atomic E-state index is 5.93. The Morgan fingerprint density at radius 3 is 2.83 bits per heavy atom. The molecule has 2 aromatic rings. The quantitative estimate of drug-likeness (QED) is 0.942. The van der Waals surface area contributed by atoms with Crippen molar-refractivity contribution >= 4 is 15.9 Å². The Kier molecular flexibility index (Phi) is 3.82. The van der Waals surface area contributed by atoms with Gasteiger partial charge in [-0.3, -0.25) is 0 Å². The molecule has 0 saturated carbocycles. The van der Waals surface area contributed by atoms with Gasteiger partial charge in [0.25, 0.3) is 0 Å². The number of benzene rings is 1. The number of halogens is 1. The van der Waals surface area contributed by atoms with E-state index in [0.29, 0.717) is 18.1 Å². The van der Waals surface area contributed by atoms with Gasteiger partial charge in [-0.1, -0.05) is 33.2 Å². The molecule has 0 amide bonds. The number of nitrogens with two attached hydrogens (primary N) is 1. The van der Waals surface area contributed by atoms with E-state index in [4.69, 9.17) is 10.3 Å². The summed E-state index contributed by atoms with van der Waals surface area (Å²) in [5.74, 6) is 1.24. The van der Waals surface area contributed by atoms with Crippen LogP contribution in [0.15, 0.2) is 33.3 Å². The zero-order valence-electron chi connectivity index (χ0n) is 10.5. The molecule has 0 aliphatic carbocycles. The van der Waals surface area contributed by atoms with Crippen molar-refractivity contribution < 1.29 is 4.52 Å². The van der Waals surface area contributed by atoms with Crippen LogP contribution in [0.4, 0.5) is 0 Å². The minimum Gasteiger partial charge on any atom is -0.339 e. The minimum absolute atomic E-state index is 0.218.